The molecule has 4 nitrogen and oxygen atoms in total. The molecule has 0 spiro atoms. The largest absolute Gasteiger partial charge is 0.350 e. The van der Waals surface area contributed by atoms with Gasteiger partial charge in [0.25, 0.3) is 0 Å². The Labute approximate surface area is 329 Å². The molecule has 2 atom stereocenters. The van der Waals surface area contributed by atoms with Crippen LogP contribution in [0.15, 0.2) is 199 Å². The van der Waals surface area contributed by atoms with Gasteiger partial charge in [0.05, 0.1) is 11.0 Å². The van der Waals surface area contributed by atoms with Gasteiger partial charge in [-0.05, 0) is 69.8 Å². The quantitative estimate of drug-likeness (QED) is 0.178. The minimum atomic E-state index is -0.161. The van der Waals surface area contributed by atoms with Gasteiger partial charge in [0.1, 0.15) is 18.2 Å². The molecule has 0 saturated carbocycles. The van der Waals surface area contributed by atoms with E-state index in [4.69, 9.17) is 4.99 Å². The lowest BCUT2D eigenvalue weighted by Gasteiger charge is -2.32. The predicted molar refractivity (Wildman–Crippen MR) is 236 cm³/mol. The standard InChI is InChI=1S/C51H36N4S/c1-4-12-33(13-5-1)37-22-27-42-41-18-10-11-19-45(41)55(46(42)30-37)40-25-20-34(21-26-40)38-23-28-43-44-29-24-39(32-48(44)56-47(43)31-38)51-53-49(35-14-6-2-7-15-35)52-50(54-51)36-16-8-3-9-17-36/h1-32,49-50,52H,(H,53,54). The highest BCUT2D eigenvalue weighted by Gasteiger charge is 2.25. The SMILES string of the molecule is c1ccc(-c2ccc3c4ccccc4n(-c4ccc(-c5ccc6c(c5)sc5cc(C7=NC(c8ccccc8)NC(c8ccccc8)N7)ccc56)cc4)c3c2)cc1. The fourth-order valence-corrected chi connectivity index (χ4v) is 9.48. The molecule has 0 saturated heterocycles. The summed E-state index contributed by atoms with van der Waals surface area (Å²) in [5.74, 6) is 0.895. The molecule has 2 unspecified atom stereocenters. The number of aliphatic imine (C=N–C) groups is 1. The molecule has 266 valence electrons. The van der Waals surface area contributed by atoms with Crippen LogP contribution >= 0.6 is 11.3 Å². The molecule has 1 aliphatic rings. The summed E-state index contributed by atoms with van der Waals surface area (Å²) in [6.45, 7) is 0. The molecule has 2 N–H and O–H groups in total. The summed E-state index contributed by atoms with van der Waals surface area (Å²) >= 11 is 1.84. The number of fused-ring (bicyclic) bond motifs is 6. The van der Waals surface area contributed by atoms with Crippen molar-refractivity contribution in [1.29, 1.82) is 0 Å². The molecule has 5 heteroatoms. The van der Waals surface area contributed by atoms with Gasteiger partial charge in [-0.1, -0.05) is 158 Å². The molecule has 0 bridgehead atoms. The first-order valence-electron chi connectivity index (χ1n) is 19.1. The number of hydrogen-bond donors (Lipinski definition) is 2. The van der Waals surface area contributed by atoms with Gasteiger partial charge < -0.3 is 9.88 Å². The van der Waals surface area contributed by atoms with Crippen LogP contribution in [0.1, 0.15) is 29.0 Å². The summed E-state index contributed by atoms with van der Waals surface area (Å²) in [5.41, 5.74) is 11.8. The second-order valence-electron chi connectivity index (χ2n) is 14.5. The molecule has 0 aliphatic carbocycles. The molecule has 10 aromatic rings. The van der Waals surface area contributed by atoms with Gasteiger partial charge in [0.2, 0.25) is 0 Å². The summed E-state index contributed by atoms with van der Waals surface area (Å²) in [6.07, 6.45) is -0.228. The van der Waals surface area contributed by atoms with Crippen molar-refractivity contribution in [3.05, 3.63) is 211 Å². The first kappa shape index (κ1) is 32.6. The zero-order valence-electron chi connectivity index (χ0n) is 30.4. The summed E-state index contributed by atoms with van der Waals surface area (Å²) < 4.78 is 4.93. The first-order chi connectivity index (χ1) is 27.7. The number of thiophene rings is 1. The fourth-order valence-electron chi connectivity index (χ4n) is 8.29. The lowest BCUT2D eigenvalue weighted by molar-refractivity contribution is 0.409. The van der Waals surface area contributed by atoms with Crippen molar-refractivity contribution in [1.82, 2.24) is 15.2 Å². The number of rotatable bonds is 6. The average molecular weight is 737 g/mol. The Morgan fingerprint density at radius 2 is 0.964 bits per heavy atom. The fraction of sp³-hybridized carbons (Fsp3) is 0.0392. The van der Waals surface area contributed by atoms with Gasteiger partial charge in [-0.15, -0.1) is 11.3 Å². The maximum absolute atomic E-state index is 5.19. The van der Waals surface area contributed by atoms with Crippen LogP contribution in [0.5, 0.6) is 0 Å². The van der Waals surface area contributed by atoms with E-state index in [0.717, 1.165) is 22.6 Å². The number of amidine groups is 1. The van der Waals surface area contributed by atoms with E-state index in [9.17, 15) is 0 Å². The number of hydrogen-bond acceptors (Lipinski definition) is 4. The van der Waals surface area contributed by atoms with Crippen LogP contribution in [0.2, 0.25) is 0 Å². The van der Waals surface area contributed by atoms with Crippen LogP contribution in [-0.2, 0) is 0 Å². The summed E-state index contributed by atoms with van der Waals surface area (Å²) in [6, 6.07) is 69.9. The van der Waals surface area contributed by atoms with Crippen LogP contribution in [0.3, 0.4) is 0 Å². The van der Waals surface area contributed by atoms with Gasteiger partial charge in [-0.2, -0.15) is 0 Å². The lowest BCUT2D eigenvalue weighted by Crippen LogP contribution is -2.44. The van der Waals surface area contributed by atoms with E-state index in [1.165, 1.54) is 69.8 Å². The lowest BCUT2D eigenvalue weighted by atomic mass is 10.0. The monoisotopic (exact) mass is 736 g/mol. The van der Waals surface area contributed by atoms with E-state index in [2.05, 4.69) is 203 Å². The van der Waals surface area contributed by atoms with Crippen molar-refractivity contribution in [3.63, 3.8) is 0 Å². The third-order valence-corrected chi connectivity index (χ3v) is 12.2. The second-order valence-corrected chi connectivity index (χ2v) is 15.6. The summed E-state index contributed by atoms with van der Waals surface area (Å²) in [5, 5.41) is 12.5. The van der Waals surface area contributed by atoms with E-state index < -0.39 is 0 Å². The molecular weight excluding hydrogens is 701 g/mol. The molecule has 0 fully saturated rings. The molecule has 8 aromatic carbocycles. The highest BCUT2D eigenvalue weighted by atomic mass is 32.1. The van der Waals surface area contributed by atoms with Crippen LogP contribution in [-0.4, -0.2) is 10.4 Å². The average Bonchev–Trinajstić information content (AvgIpc) is 3.81. The number of para-hydroxylation sites is 1. The Morgan fingerprint density at radius 1 is 0.429 bits per heavy atom. The maximum Gasteiger partial charge on any atom is 0.131 e. The molecule has 11 rings (SSSR count). The van der Waals surface area contributed by atoms with E-state index >= 15 is 0 Å². The Hall–Kier alpha value is -6.79. The van der Waals surface area contributed by atoms with Crippen molar-refractivity contribution in [2.75, 3.05) is 0 Å². The Balaban J connectivity index is 0.936. The van der Waals surface area contributed by atoms with Crippen molar-refractivity contribution in [3.8, 4) is 27.9 Å². The topological polar surface area (TPSA) is 41.4 Å². The zero-order valence-corrected chi connectivity index (χ0v) is 31.2. The zero-order chi connectivity index (χ0) is 37.0. The highest BCUT2D eigenvalue weighted by molar-refractivity contribution is 7.25. The van der Waals surface area contributed by atoms with E-state index in [-0.39, 0.29) is 12.3 Å². The molecule has 1 aliphatic heterocycles. The third-order valence-electron chi connectivity index (χ3n) is 11.1. The predicted octanol–water partition coefficient (Wildman–Crippen LogP) is 12.8. The Bertz CT molecular complexity index is 3070. The smallest absolute Gasteiger partial charge is 0.131 e. The number of benzene rings is 8. The van der Waals surface area contributed by atoms with E-state index in [1.54, 1.807) is 0 Å². The Morgan fingerprint density at radius 3 is 1.70 bits per heavy atom. The van der Waals surface area contributed by atoms with Crippen molar-refractivity contribution < 1.29 is 0 Å². The normalized spacial score (nSPS) is 15.7. The van der Waals surface area contributed by atoms with Gasteiger partial charge >= 0.3 is 0 Å². The number of aromatic nitrogens is 1. The minimum absolute atomic E-state index is 0.0670. The maximum atomic E-state index is 5.19. The van der Waals surface area contributed by atoms with Gasteiger partial charge in [0.15, 0.2) is 0 Å². The van der Waals surface area contributed by atoms with Crippen molar-refractivity contribution in [2.45, 2.75) is 12.3 Å². The molecule has 0 amide bonds. The molecular formula is C51H36N4S. The molecule has 0 radical (unpaired) electrons. The van der Waals surface area contributed by atoms with Gasteiger partial charge in [-0.25, -0.2) is 4.99 Å². The van der Waals surface area contributed by atoms with Crippen molar-refractivity contribution in [2.24, 2.45) is 4.99 Å². The molecule has 56 heavy (non-hydrogen) atoms. The van der Waals surface area contributed by atoms with Gasteiger partial charge in [0, 0.05) is 42.2 Å². The van der Waals surface area contributed by atoms with Crippen LogP contribution in [0.25, 0.3) is 69.9 Å². The summed E-state index contributed by atoms with van der Waals surface area (Å²) in [7, 11) is 0. The van der Waals surface area contributed by atoms with Gasteiger partial charge in [-0.3, -0.25) is 5.32 Å². The third kappa shape index (κ3) is 5.68. The van der Waals surface area contributed by atoms with Crippen LogP contribution in [0, 0.1) is 0 Å². The number of nitrogens with zero attached hydrogens (tertiary/aromatic N) is 2. The summed E-state index contributed by atoms with van der Waals surface area (Å²) in [4.78, 5) is 5.19. The minimum Gasteiger partial charge on any atom is -0.350 e. The second kappa shape index (κ2) is 13.5. The van der Waals surface area contributed by atoms with Crippen LogP contribution < -0.4 is 10.6 Å². The van der Waals surface area contributed by atoms with E-state index in [1.807, 2.05) is 17.4 Å². The Kier molecular flexibility index (Phi) is 7.87. The van der Waals surface area contributed by atoms with Crippen LogP contribution in [0.4, 0.5) is 0 Å². The first-order valence-corrected chi connectivity index (χ1v) is 19.9. The number of nitrogens with one attached hydrogen (secondary N) is 2. The van der Waals surface area contributed by atoms with Crippen molar-refractivity contribution >= 4 is 59.2 Å². The molecule has 2 aromatic heterocycles. The molecule has 3 heterocycles. The van der Waals surface area contributed by atoms with E-state index in [0.29, 0.717) is 0 Å². The highest BCUT2D eigenvalue weighted by Crippen LogP contribution is 2.39.